The van der Waals surface area contributed by atoms with E-state index >= 15 is 0 Å². The molecule has 3 rings (SSSR count). The molecule has 0 bridgehead atoms. The van der Waals surface area contributed by atoms with E-state index in [9.17, 15) is 9.65 Å². The maximum absolute atomic E-state index is 13.0. The van der Waals surface area contributed by atoms with E-state index in [0.29, 0.717) is 11.6 Å². The Kier molecular flexibility index (Phi) is 3.46. The van der Waals surface area contributed by atoms with Crippen molar-refractivity contribution in [1.82, 2.24) is 15.0 Å². The van der Waals surface area contributed by atoms with Gasteiger partial charge in [-0.1, -0.05) is 24.5 Å². The van der Waals surface area contributed by atoms with Crippen LogP contribution in [0.15, 0.2) is 24.3 Å². The van der Waals surface area contributed by atoms with E-state index in [2.05, 4.69) is 16.4 Å². The number of nitrogens with zero attached hydrogens (tertiary/aromatic N) is 4. The molecule has 1 aromatic heterocycles. The van der Waals surface area contributed by atoms with Gasteiger partial charge in [-0.3, -0.25) is 0 Å². The highest BCUT2D eigenvalue weighted by molar-refractivity contribution is 5.38. The van der Waals surface area contributed by atoms with Gasteiger partial charge in [-0.2, -0.15) is 5.26 Å². The molecule has 1 fully saturated rings. The first-order chi connectivity index (χ1) is 9.79. The summed E-state index contributed by atoms with van der Waals surface area (Å²) in [5, 5.41) is 17.3. The van der Waals surface area contributed by atoms with Crippen LogP contribution in [0.25, 0.3) is 5.69 Å². The van der Waals surface area contributed by atoms with Gasteiger partial charge in [-0.25, -0.2) is 9.07 Å². The van der Waals surface area contributed by atoms with Crippen LogP contribution >= 0.6 is 0 Å². The predicted molar refractivity (Wildman–Crippen MR) is 71.9 cm³/mol. The SMILES string of the molecule is N#Cc1nnn(-c2ccc(F)cc2)c1C1CCCCC1. The van der Waals surface area contributed by atoms with Crippen molar-refractivity contribution in [2.75, 3.05) is 0 Å². The molecule has 1 heterocycles. The number of hydrogen-bond donors (Lipinski definition) is 0. The monoisotopic (exact) mass is 270 g/mol. The number of hydrogen-bond acceptors (Lipinski definition) is 3. The molecule has 0 unspecified atom stereocenters. The third kappa shape index (κ3) is 2.29. The molecule has 2 aromatic rings. The summed E-state index contributed by atoms with van der Waals surface area (Å²) in [4.78, 5) is 0. The van der Waals surface area contributed by atoms with Crippen molar-refractivity contribution in [3.63, 3.8) is 0 Å². The minimum Gasteiger partial charge on any atom is -0.216 e. The van der Waals surface area contributed by atoms with Gasteiger partial charge < -0.3 is 0 Å². The molecule has 0 saturated heterocycles. The maximum atomic E-state index is 13.0. The van der Waals surface area contributed by atoms with Gasteiger partial charge in [0, 0.05) is 5.92 Å². The van der Waals surface area contributed by atoms with Crippen LogP contribution in [-0.2, 0) is 0 Å². The fraction of sp³-hybridized carbons (Fsp3) is 0.400. The van der Waals surface area contributed by atoms with E-state index in [4.69, 9.17) is 0 Å². The smallest absolute Gasteiger partial charge is 0.186 e. The second-order valence-corrected chi connectivity index (χ2v) is 5.16. The van der Waals surface area contributed by atoms with Crippen molar-refractivity contribution in [1.29, 1.82) is 5.26 Å². The normalized spacial score (nSPS) is 16.0. The fourth-order valence-corrected chi connectivity index (χ4v) is 2.88. The third-order valence-corrected chi connectivity index (χ3v) is 3.87. The first kappa shape index (κ1) is 12.8. The van der Waals surface area contributed by atoms with Gasteiger partial charge in [0.1, 0.15) is 11.9 Å². The zero-order valence-electron chi connectivity index (χ0n) is 11.1. The van der Waals surface area contributed by atoms with Gasteiger partial charge >= 0.3 is 0 Å². The lowest BCUT2D eigenvalue weighted by atomic mass is 9.86. The standard InChI is InChI=1S/C15H15FN4/c16-12-6-8-13(9-7-12)20-15(14(10-17)18-19-20)11-4-2-1-3-5-11/h6-9,11H,1-5H2. The van der Waals surface area contributed by atoms with Crippen molar-refractivity contribution in [3.05, 3.63) is 41.5 Å². The maximum Gasteiger partial charge on any atom is 0.186 e. The molecule has 0 atom stereocenters. The molecule has 0 aliphatic heterocycles. The molecule has 0 amide bonds. The first-order valence-corrected chi connectivity index (χ1v) is 6.91. The summed E-state index contributed by atoms with van der Waals surface area (Å²) in [7, 11) is 0. The average molecular weight is 270 g/mol. The summed E-state index contributed by atoms with van der Waals surface area (Å²) in [5.74, 6) is 0.0343. The van der Waals surface area contributed by atoms with Crippen molar-refractivity contribution >= 4 is 0 Å². The Morgan fingerprint density at radius 2 is 1.85 bits per heavy atom. The number of nitriles is 1. The Hall–Kier alpha value is -2.22. The van der Waals surface area contributed by atoms with Crippen molar-refractivity contribution < 1.29 is 4.39 Å². The number of benzene rings is 1. The van der Waals surface area contributed by atoms with Gasteiger partial charge in [0.15, 0.2) is 5.69 Å². The van der Waals surface area contributed by atoms with Crippen LogP contribution in [0.3, 0.4) is 0 Å². The van der Waals surface area contributed by atoms with Crippen LogP contribution in [0.5, 0.6) is 0 Å². The van der Waals surface area contributed by atoms with Crippen LogP contribution in [0.1, 0.15) is 49.4 Å². The van der Waals surface area contributed by atoms with Crippen LogP contribution < -0.4 is 0 Å². The molecule has 1 aliphatic rings. The van der Waals surface area contributed by atoms with Gasteiger partial charge in [0.2, 0.25) is 0 Å². The lowest BCUT2D eigenvalue weighted by Crippen LogP contribution is -2.12. The molecule has 4 nitrogen and oxygen atoms in total. The summed E-state index contributed by atoms with van der Waals surface area (Å²) < 4.78 is 14.7. The topological polar surface area (TPSA) is 54.5 Å². The highest BCUT2D eigenvalue weighted by Gasteiger charge is 2.25. The number of rotatable bonds is 2. The van der Waals surface area contributed by atoms with Crippen molar-refractivity contribution in [2.45, 2.75) is 38.0 Å². The van der Waals surface area contributed by atoms with E-state index in [-0.39, 0.29) is 5.82 Å². The number of halogens is 1. The lowest BCUT2D eigenvalue weighted by molar-refractivity contribution is 0.429. The third-order valence-electron chi connectivity index (χ3n) is 3.87. The Labute approximate surface area is 116 Å². The Balaban J connectivity index is 2.05. The molecule has 1 aromatic carbocycles. The van der Waals surface area contributed by atoms with Crippen molar-refractivity contribution in [3.8, 4) is 11.8 Å². The molecular weight excluding hydrogens is 255 g/mol. The lowest BCUT2D eigenvalue weighted by Gasteiger charge is -2.22. The molecule has 0 spiro atoms. The summed E-state index contributed by atoms with van der Waals surface area (Å²) in [6.07, 6.45) is 5.71. The zero-order valence-corrected chi connectivity index (χ0v) is 11.1. The van der Waals surface area contributed by atoms with Crippen LogP contribution in [0, 0.1) is 17.1 Å². The summed E-state index contributed by atoms with van der Waals surface area (Å²) in [5.41, 5.74) is 2.01. The van der Waals surface area contributed by atoms with Gasteiger partial charge in [0.25, 0.3) is 0 Å². The summed E-state index contributed by atoms with van der Waals surface area (Å²) in [6.45, 7) is 0. The molecule has 1 saturated carbocycles. The first-order valence-electron chi connectivity index (χ1n) is 6.91. The molecule has 20 heavy (non-hydrogen) atoms. The average Bonchev–Trinajstić information content (AvgIpc) is 2.93. The zero-order chi connectivity index (χ0) is 13.9. The predicted octanol–water partition coefficient (Wildman–Crippen LogP) is 3.33. The Morgan fingerprint density at radius 1 is 1.15 bits per heavy atom. The second-order valence-electron chi connectivity index (χ2n) is 5.16. The molecule has 1 aliphatic carbocycles. The van der Waals surface area contributed by atoms with E-state index in [1.807, 2.05) is 0 Å². The van der Waals surface area contributed by atoms with Crippen molar-refractivity contribution in [2.24, 2.45) is 0 Å². The Morgan fingerprint density at radius 3 is 2.50 bits per heavy atom. The summed E-state index contributed by atoms with van der Waals surface area (Å²) in [6, 6.07) is 8.25. The Bertz CT molecular complexity index is 633. The van der Waals surface area contributed by atoms with E-state index in [0.717, 1.165) is 24.2 Å². The minimum absolute atomic E-state index is 0.284. The largest absolute Gasteiger partial charge is 0.216 e. The van der Waals surface area contributed by atoms with E-state index in [1.54, 1.807) is 16.8 Å². The summed E-state index contributed by atoms with van der Waals surface area (Å²) >= 11 is 0. The van der Waals surface area contributed by atoms with Gasteiger partial charge in [0.05, 0.1) is 11.4 Å². The second kappa shape index (κ2) is 5.41. The highest BCUT2D eigenvalue weighted by Crippen LogP contribution is 2.34. The highest BCUT2D eigenvalue weighted by atomic mass is 19.1. The fourth-order valence-electron chi connectivity index (χ4n) is 2.88. The molecule has 0 radical (unpaired) electrons. The van der Waals surface area contributed by atoms with Crippen LogP contribution in [-0.4, -0.2) is 15.0 Å². The molecule has 0 N–H and O–H groups in total. The van der Waals surface area contributed by atoms with E-state index in [1.165, 1.54) is 31.4 Å². The van der Waals surface area contributed by atoms with Gasteiger partial charge in [-0.05, 0) is 37.1 Å². The number of aromatic nitrogens is 3. The minimum atomic E-state index is -0.284. The molecule has 102 valence electrons. The quantitative estimate of drug-likeness (QED) is 0.841. The molecule has 5 heteroatoms. The molecular formula is C15H15FN4. The van der Waals surface area contributed by atoms with Gasteiger partial charge in [-0.15, -0.1) is 5.10 Å². The van der Waals surface area contributed by atoms with E-state index < -0.39 is 0 Å². The van der Waals surface area contributed by atoms with Crippen LogP contribution in [0.2, 0.25) is 0 Å². The van der Waals surface area contributed by atoms with Crippen LogP contribution in [0.4, 0.5) is 4.39 Å².